The number of benzene rings is 2. The third kappa shape index (κ3) is 6.25. The van der Waals surface area contributed by atoms with Crippen LogP contribution in [0.2, 0.25) is 0 Å². The number of ether oxygens (including phenoxy) is 1. The quantitative estimate of drug-likeness (QED) is 0.239. The van der Waals surface area contributed by atoms with Crippen molar-refractivity contribution in [3.05, 3.63) is 59.7 Å². The van der Waals surface area contributed by atoms with Crippen molar-refractivity contribution < 1.29 is 30.6 Å². The average Bonchev–Trinajstić information content (AvgIpc) is 3.32. The molecule has 3 rings (SSSR count). The fraction of sp³-hybridized carbons (Fsp3) is 0.182. The number of nitrogens with zero attached hydrogens (tertiary/aromatic N) is 3. The molecule has 14 heteroatoms. The average molecular weight is 549 g/mol. The number of nitriles is 1. The van der Waals surface area contributed by atoms with Crippen molar-refractivity contribution in [1.82, 2.24) is 9.36 Å². The first-order chi connectivity index (χ1) is 17.0. The van der Waals surface area contributed by atoms with Crippen molar-refractivity contribution in [2.75, 3.05) is 12.4 Å². The Morgan fingerprint density at radius 3 is 2.22 bits per heavy atom. The highest BCUT2D eigenvalue weighted by Crippen LogP contribution is 2.23. The van der Waals surface area contributed by atoms with Crippen LogP contribution in [0.3, 0.4) is 0 Å². The van der Waals surface area contributed by atoms with Crippen molar-refractivity contribution in [2.45, 2.75) is 29.1 Å². The highest BCUT2D eigenvalue weighted by Gasteiger charge is 2.25. The zero-order valence-corrected chi connectivity index (χ0v) is 21.6. The number of hydrogen-bond donors (Lipinski definition) is 1. The van der Waals surface area contributed by atoms with Crippen LogP contribution in [0, 0.1) is 11.3 Å². The van der Waals surface area contributed by atoms with Crippen LogP contribution >= 0.6 is 11.5 Å². The number of nitrogens with one attached hydrogen (secondary N) is 1. The molecule has 0 aliphatic rings. The number of carbonyl (C=O) groups is 1. The molecule has 3 aromatic rings. The molecule has 36 heavy (non-hydrogen) atoms. The molecule has 0 saturated carbocycles. The number of rotatable bonds is 9. The summed E-state index contributed by atoms with van der Waals surface area (Å²) < 4.78 is 63.1. The normalized spacial score (nSPS) is 12.1. The first-order valence-electron chi connectivity index (χ1n) is 10.2. The van der Waals surface area contributed by atoms with Crippen LogP contribution < -0.4 is 14.2 Å². The molecular formula is C22H20N4O7S3. The van der Waals surface area contributed by atoms with Gasteiger partial charge in [-0.1, -0.05) is 12.1 Å². The summed E-state index contributed by atoms with van der Waals surface area (Å²) in [4.78, 5) is 16.2. The van der Waals surface area contributed by atoms with Crippen LogP contribution in [0.5, 0.6) is 11.5 Å². The van der Waals surface area contributed by atoms with Gasteiger partial charge in [0, 0.05) is 11.5 Å². The minimum atomic E-state index is -4.08. The summed E-state index contributed by atoms with van der Waals surface area (Å²) >= 11 is 0.674. The molecule has 0 unspecified atom stereocenters. The molecule has 1 heterocycles. The SMILES string of the molecule is COc1ccc(S(=O)(=O)Oc2ccc(/C=C(/C#N)C(=O)Nc3nc(S(=O)(=O)C(C)C)ns3)cc2)cc1. The van der Waals surface area contributed by atoms with E-state index in [0.29, 0.717) is 22.8 Å². The van der Waals surface area contributed by atoms with E-state index in [1.807, 2.05) is 0 Å². The van der Waals surface area contributed by atoms with E-state index in [-0.39, 0.29) is 21.3 Å². The van der Waals surface area contributed by atoms with Crippen molar-refractivity contribution in [3.63, 3.8) is 0 Å². The number of aromatic nitrogens is 2. The van der Waals surface area contributed by atoms with Gasteiger partial charge in [0.15, 0.2) is 0 Å². The number of anilines is 1. The summed E-state index contributed by atoms with van der Waals surface area (Å²) in [6.07, 6.45) is 1.27. The van der Waals surface area contributed by atoms with E-state index in [1.54, 1.807) is 6.07 Å². The third-order valence-corrected chi connectivity index (χ3v) is 8.55. The van der Waals surface area contributed by atoms with Crippen molar-refractivity contribution in [1.29, 1.82) is 5.26 Å². The van der Waals surface area contributed by atoms with E-state index in [0.717, 1.165) is 0 Å². The van der Waals surface area contributed by atoms with Gasteiger partial charge in [0.2, 0.25) is 15.0 Å². The fourth-order valence-corrected chi connectivity index (χ4v) is 5.23. The lowest BCUT2D eigenvalue weighted by molar-refractivity contribution is -0.112. The summed E-state index contributed by atoms with van der Waals surface area (Å²) in [5.41, 5.74) is 0.120. The van der Waals surface area contributed by atoms with Gasteiger partial charge in [-0.15, -0.1) is 0 Å². The Morgan fingerprint density at radius 1 is 1.06 bits per heavy atom. The number of methoxy groups -OCH3 is 1. The lowest BCUT2D eigenvalue weighted by atomic mass is 10.1. The number of amides is 1. The standard InChI is InChI=1S/C22H20N4O7S3/c1-14(2)35(28,29)22-25-21(34-26-22)24-20(27)16(13-23)12-15-4-6-18(7-5-15)33-36(30,31)19-10-8-17(32-3)9-11-19/h4-12,14H,1-3H3,(H,24,25,26,27)/b16-12-. The maximum Gasteiger partial charge on any atom is 0.339 e. The highest BCUT2D eigenvalue weighted by atomic mass is 32.2. The predicted octanol–water partition coefficient (Wildman–Crippen LogP) is 3.04. The molecule has 188 valence electrons. The van der Waals surface area contributed by atoms with E-state index < -0.39 is 36.3 Å². The Kier molecular flexibility index (Phi) is 8.08. The van der Waals surface area contributed by atoms with E-state index in [2.05, 4.69) is 14.7 Å². The molecule has 0 radical (unpaired) electrons. The molecule has 1 amide bonds. The zero-order valence-electron chi connectivity index (χ0n) is 19.2. The molecule has 0 fully saturated rings. The molecule has 0 aliphatic carbocycles. The monoisotopic (exact) mass is 548 g/mol. The Bertz CT molecular complexity index is 1540. The minimum absolute atomic E-state index is 0.0266. The molecule has 0 spiro atoms. The van der Waals surface area contributed by atoms with E-state index in [9.17, 15) is 26.9 Å². The topological polar surface area (TPSA) is 165 Å². The van der Waals surface area contributed by atoms with Crippen LogP contribution in [-0.4, -0.2) is 44.5 Å². The van der Waals surface area contributed by atoms with Crippen molar-refractivity contribution in [2.24, 2.45) is 0 Å². The molecule has 1 N–H and O–H groups in total. The van der Waals surface area contributed by atoms with Gasteiger partial charge in [0.1, 0.15) is 28.0 Å². The Balaban J connectivity index is 1.72. The largest absolute Gasteiger partial charge is 0.497 e. The van der Waals surface area contributed by atoms with Gasteiger partial charge in [-0.25, -0.2) is 8.42 Å². The molecule has 0 bridgehead atoms. The Morgan fingerprint density at radius 2 is 1.67 bits per heavy atom. The van der Waals surface area contributed by atoms with Crippen LogP contribution in [-0.2, 0) is 24.7 Å². The minimum Gasteiger partial charge on any atom is -0.497 e. The second-order valence-corrected chi connectivity index (χ2v) is 12.1. The van der Waals surface area contributed by atoms with E-state index in [1.165, 1.54) is 75.6 Å². The van der Waals surface area contributed by atoms with Crippen LogP contribution in [0.4, 0.5) is 5.13 Å². The summed E-state index contributed by atoms with van der Waals surface area (Å²) in [6, 6.07) is 13.1. The molecule has 1 aromatic heterocycles. The molecule has 0 saturated heterocycles. The maximum atomic E-state index is 12.5. The first-order valence-corrected chi connectivity index (χ1v) is 13.9. The summed E-state index contributed by atoms with van der Waals surface area (Å²) in [5, 5.41) is 10.5. The van der Waals surface area contributed by atoms with Gasteiger partial charge in [0.25, 0.3) is 11.1 Å². The fourth-order valence-electron chi connectivity index (χ4n) is 2.60. The number of carbonyl (C=O) groups excluding carboxylic acids is 1. The lowest BCUT2D eigenvalue weighted by Gasteiger charge is -2.08. The Hall–Kier alpha value is -3.80. The van der Waals surface area contributed by atoms with Gasteiger partial charge in [0.05, 0.1) is 12.4 Å². The number of sulfone groups is 1. The predicted molar refractivity (Wildman–Crippen MR) is 132 cm³/mol. The molecule has 11 nitrogen and oxygen atoms in total. The summed E-state index contributed by atoms with van der Waals surface area (Å²) in [6.45, 7) is 2.96. The van der Waals surface area contributed by atoms with E-state index in [4.69, 9.17) is 8.92 Å². The maximum absolute atomic E-state index is 12.5. The lowest BCUT2D eigenvalue weighted by Crippen LogP contribution is -2.16. The molecular weight excluding hydrogens is 528 g/mol. The van der Waals surface area contributed by atoms with Gasteiger partial charge in [-0.05, 0) is 61.9 Å². The van der Waals surface area contributed by atoms with Gasteiger partial charge < -0.3 is 8.92 Å². The molecule has 0 aliphatic heterocycles. The van der Waals surface area contributed by atoms with E-state index >= 15 is 0 Å². The summed E-state index contributed by atoms with van der Waals surface area (Å²) in [5.74, 6) is -0.294. The van der Waals surface area contributed by atoms with Crippen LogP contribution in [0.25, 0.3) is 6.08 Å². The summed E-state index contributed by atoms with van der Waals surface area (Å²) in [7, 11) is -6.33. The second kappa shape index (κ2) is 10.9. The highest BCUT2D eigenvalue weighted by molar-refractivity contribution is 7.91. The van der Waals surface area contributed by atoms with Gasteiger partial charge in [-0.2, -0.15) is 23.0 Å². The Labute approximate surface area is 212 Å². The first kappa shape index (κ1) is 26.8. The van der Waals surface area contributed by atoms with Gasteiger partial charge in [-0.3, -0.25) is 10.1 Å². The smallest absolute Gasteiger partial charge is 0.339 e. The van der Waals surface area contributed by atoms with Gasteiger partial charge >= 0.3 is 10.1 Å². The third-order valence-electron chi connectivity index (χ3n) is 4.61. The van der Waals surface area contributed by atoms with Crippen LogP contribution in [0.15, 0.2) is 64.2 Å². The van der Waals surface area contributed by atoms with Crippen molar-refractivity contribution in [3.8, 4) is 17.6 Å². The van der Waals surface area contributed by atoms with Crippen LogP contribution in [0.1, 0.15) is 19.4 Å². The molecule has 2 aromatic carbocycles. The molecule has 0 atom stereocenters. The zero-order chi connectivity index (χ0) is 26.5. The number of hydrogen-bond acceptors (Lipinski definition) is 11. The second-order valence-electron chi connectivity index (χ2n) is 7.38. The van der Waals surface area contributed by atoms with Crippen molar-refractivity contribution >= 4 is 48.6 Å².